The predicted molar refractivity (Wildman–Crippen MR) is 166 cm³/mol. The Morgan fingerprint density at radius 2 is 1.87 bits per heavy atom. The number of aromatic nitrogens is 2. The van der Waals surface area contributed by atoms with Gasteiger partial charge in [-0.3, -0.25) is 19.2 Å². The maximum Gasteiger partial charge on any atom is 0.291 e. The van der Waals surface area contributed by atoms with Gasteiger partial charge in [0.25, 0.3) is 18.3 Å². The Kier molecular flexibility index (Phi) is 11.7. The van der Waals surface area contributed by atoms with Gasteiger partial charge in [-0.25, -0.2) is 9.37 Å². The molecule has 246 valence electrons. The molecule has 4 N–H and O–H groups in total. The minimum Gasteiger partial charge on any atom is -0.494 e. The SMILES string of the molecule is COc1ccc(-c2cnc(C(=O)Nc3ccc(C(=O)N4CCC(NC(=O)CC5CCNC5)CC4)c(Cl)c3)n2C)c(F)c1F.O=CO. The van der Waals surface area contributed by atoms with Crippen molar-refractivity contribution in [3.05, 3.63) is 64.6 Å². The van der Waals surface area contributed by atoms with Gasteiger partial charge in [0.15, 0.2) is 17.4 Å². The first-order chi connectivity index (χ1) is 22.1. The van der Waals surface area contributed by atoms with Crippen molar-refractivity contribution in [1.29, 1.82) is 0 Å². The standard InChI is InChI=1S/C30H33ClF2N6O4.CH2O2/c1-38-23(21-5-6-24(43-2)27(33)26(21)32)16-35-28(38)29(41)37-19-3-4-20(22(31)14-19)30(42)39-11-8-18(9-12-39)36-25(40)13-17-7-10-34-15-17;2-1-3/h3-6,14,16-18,34H,7-13,15H2,1-2H3,(H,36,40)(H,37,41);1H,(H,2,3). The highest BCUT2D eigenvalue weighted by Gasteiger charge is 2.27. The molecule has 2 saturated heterocycles. The van der Waals surface area contributed by atoms with E-state index in [1.165, 1.54) is 43.1 Å². The summed E-state index contributed by atoms with van der Waals surface area (Å²) in [6, 6.07) is 7.25. The van der Waals surface area contributed by atoms with Gasteiger partial charge < -0.3 is 35.3 Å². The van der Waals surface area contributed by atoms with Gasteiger partial charge in [0.05, 0.1) is 29.6 Å². The summed E-state index contributed by atoms with van der Waals surface area (Å²) in [7, 11) is 2.75. The second-order valence-electron chi connectivity index (χ2n) is 10.9. The second-order valence-corrected chi connectivity index (χ2v) is 11.3. The fraction of sp³-hybridized carbons (Fsp3) is 0.387. The molecule has 2 aromatic carbocycles. The first kappa shape index (κ1) is 34.3. The number of halogens is 3. The van der Waals surface area contributed by atoms with Gasteiger partial charge in [0.1, 0.15) is 0 Å². The Labute approximate surface area is 269 Å². The van der Waals surface area contributed by atoms with Crippen molar-refractivity contribution >= 4 is 41.5 Å². The van der Waals surface area contributed by atoms with E-state index in [-0.39, 0.29) is 52.2 Å². The molecule has 3 aromatic rings. The van der Waals surface area contributed by atoms with E-state index in [0.717, 1.165) is 19.5 Å². The average Bonchev–Trinajstić information content (AvgIpc) is 3.68. The first-order valence-electron chi connectivity index (χ1n) is 14.6. The highest BCUT2D eigenvalue weighted by molar-refractivity contribution is 6.34. The molecule has 1 unspecified atom stereocenters. The van der Waals surface area contributed by atoms with E-state index in [1.54, 1.807) is 17.0 Å². The minimum absolute atomic E-state index is 0.0332. The van der Waals surface area contributed by atoms with E-state index in [1.807, 2.05) is 0 Å². The number of methoxy groups -OCH3 is 1. The first-order valence-corrected chi connectivity index (χ1v) is 15.0. The lowest BCUT2D eigenvalue weighted by molar-refractivity contribution is -0.123. The number of nitrogens with one attached hydrogen (secondary N) is 3. The number of imidazole rings is 1. The number of nitrogens with zero attached hydrogens (tertiary/aromatic N) is 3. The summed E-state index contributed by atoms with van der Waals surface area (Å²) >= 11 is 6.45. The number of hydrogen-bond acceptors (Lipinski definition) is 7. The van der Waals surface area contributed by atoms with E-state index < -0.39 is 17.5 Å². The highest BCUT2D eigenvalue weighted by Crippen LogP contribution is 2.30. The Morgan fingerprint density at radius 1 is 1.15 bits per heavy atom. The molecule has 2 fully saturated rings. The molecule has 15 heteroatoms. The fourth-order valence-corrected chi connectivity index (χ4v) is 5.81. The summed E-state index contributed by atoms with van der Waals surface area (Å²) < 4.78 is 35.0. The van der Waals surface area contributed by atoms with Crippen LogP contribution in [0.2, 0.25) is 5.02 Å². The molecule has 12 nitrogen and oxygen atoms in total. The van der Waals surface area contributed by atoms with Crippen molar-refractivity contribution in [2.75, 3.05) is 38.6 Å². The van der Waals surface area contributed by atoms with Crippen molar-refractivity contribution in [3.8, 4) is 17.0 Å². The van der Waals surface area contributed by atoms with Crippen LogP contribution in [-0.4, -0.2) is 83.1 Å². The van der Waals surface area contributed by atoms with Crippen molar-refractivity contribution in [2.45, 2.75) is 31.7 Å². The Balaban J connectivity index is 0.00000154. The number of rotatable bonds is 8. The van der Waals surface area contributed by atoms with Gasteiger partial charge >= 0.3 is 0 Å². The minimum atomic E-state index is -1.14. The monoisotopic (exact) mass is 660 g/mol. The largest absolute Gasteiger partial charge is 0.494 e. The second kappa shape index (κ2) is 15.6. The molecular formula is C31H35ClF2N6O6. The van der Waals surface area contributed by atoms with Gasteiger partial charge in [-0.2, -0.15) is 4.39 Å². The number of carbonyl (C=O) groups excluding carboxylic acids is 3. The molecule has 1 atom stereocenters. The van der Waals surface area contributed by atoms with Crippen LogP contribution in [0.4, 0.5) is 14.5 Å². The van der Waals surface area contributed by atoms with Crippen LogP contribution in [0.5, 0.6) is 5.75 Å². The molecule has 0 spiro atoms. The molecular weight excluding hydrogens is 626 g/mol. The molecule has 1 aromatic heterocycles. The number of amides is 3. The summed E-state index contributed by atoms with van der Waals surface area (Å²) in [6.07, 6.45) is 4.13. The van der Waals surface area contributed by atoms with Crippen LogP contribution in [0.3, 0.4) is 0 Å². The smallest absolute Gasteiger partial charge is 0.291 e. The van der Waals surface area contributed by atoms with Crippen LogP contribution >= 0.6 is 11.6 Å². The topological polar surface area (TPSA) is 155 Å². The molecule has 0 radical (unpaired) electrons. The Hall–Kier alpha value is -4.56. The van der Waals surface area contributed by atoms with E-state index >= 15 is 0 Å². The summed E-state index contributed by atoms with van der Waals surface area (Å²) in [4.78, 5) is 52.7. The maximum absolute atomic E-state index is 14.6. The maximum atomic E-state index is 14.6. The molecule has 0 aliphatic carbocycles. The highest BCUT2D eigenvalue weighted by atomic mass is 35.5. The molecule has 3 amide bonds. The van der Waals surface area contributed by atoms with Gasteiger partial charge in [0.2, 0.25) is 11.7 Å². The quantitative estimate of drug-likeness (QED) is 0.267. The number of hydrogen-bond donors (Lipinski definition) is 4. The van der Waals surface area contributed by atoms with E-state index in [4.69, 9.17) is 26.2 Å². The molecule has 2 aliphatic heterocycles. The van der Waals surface area contributed by atoms with Crippen LogP contribution in [-0.2, 0) is 16.6 Å². The number of benzene rings is 2. The fourth-order valence-electron chi connectivity index (χ4n) is 5.55. The third-order valence-electron chi connectivity index (χ3n) is 7.98. The van der Waals surface area contributed by atoms with Crippen LogP contribution in [0.25, 0.3) is 11.3 Å². The van der Waals surface area contributed by atoms with Crippen LogP contribution < -0.4 is 20.7 Å². The Morgan fingerprint density at radius 3 is 2.50 bits per heavy atom. The number of piperidine rings is 1. The van der Waals surface area contributed by atoms with E-state index in [2.05, 4.69) is 20.9 Å². The number of ether oxygens (including phenoxy) is 1. The molecule has 2 aliphatic rings. The van der Waals surface area contributed by atoms with Crippen molar-refractivity contribution in [3.63, 3.8) is 0 Å². The number of anilines is 1. The molecule has 5 rings (SSSR count). The van der Waals surface area contributed by atoms with Crippen molar-refractivity contribution in [2.24, 2.45) is 13.0 Å². The zero-order chi connectivity index (χ0) is 33.4. The zero-order valence-corrected chi connectivity index (χ0v) is 26.1. The van der Waals surface area contributed by atoms with Gasteiger partial charge in [-0.15, -0.1) is 0 Å². The number of likely N-dealkylation sites (tertiary alicyclic amines) is 1. The normalized spacial score (nSPS) is 16.3. The van der Waals surface area contributed by atoms with Gasteiger partial charge in [-0.05, 0) is 68.6 Å². The summed E-state index contributed by atoms with van der Waals surface area (Å²) in [5, 5.41) is 16.1. The molecule has 46 heavy (non-hydrogen) atoms. The Bertz CT molecular complexity index is 1590. The lowest BCUT2D eigenvalue weighted by Crippen LogP contribution is -2.46. The van der Waals surface area contributed by atoms with Crippen molar-refractivity contribution < 1.29 is 37.8 Å². The summed E-state index contributed by atoms with van der Waals surface area (Å²) in [6.45, 7) is 2.56. The van der Waals surface area contributed by atoms with Gasteiger partial charge in [0, 0.05) is 43.9 Å². The van der Waals surface area contributed by atoms with Crippen molar-refractivity contribution in [1.82, 2.24) is 25.1 Å². The third kappa shape index (κ3) is 7.98. The molecule has 0 bridgehead atoms. The predicted octanol–water partition coefficient (Wildman–Crippen LogP) is 3.70. The summed E-state index contributed by atoms with van der Waals surface area (Å²) in [5.41, 5.74) is 0.743. The summed E-state index contributed by atoms with van der Waals surface area (Å²) in [5.74, 6) is -2.93. The van der Waals surface area contributed by atoms with Gasteiger partial charge in [-0.1, -0.05) is 11.6 Å². The molecule has 0 saturated carbocycles. The van der Waals surface area contributed by atoms with E-state index in [0.29, 0.717) is 49.5 Å². The lowest BCUT2D eigenvalue weighted by atomic mass is 10.0. The number of carbonyl (C=O) groups is 4. The van der Waals surface area contributed by atoms with Crippen LogP contribution in [0, 0.1) is 17.6 Å². The molecule has 3 heterocycles. The van der Waals surface area contributed by atoms with E-state index in [9.17, 15) is 23.2 Å². The van der Waals surface area contributed by atoms with Crippen LogP contribution in [0.15, 0.2) is 36.5 Å². The lowest BCUT2D eigenvalue weighted by Gasteiger charge is -2.32. The van der Waals surface area contributed by atoms with Crippen LogP contribution in [0.1, 0.15) is 46.7 Å². The third-order valence-corrected chi connectivity index (χ3v) is 8.29. The zero-order valence-electron chi connectivity index (χ0n) is 25.3. The number of carboxylic acid groups (broad SMARTS) is 1. The average molecular weight is 661 g/mol.